The number of carbonyl (C=O) groups excluding carboxylic acids is 1. The van der Waals surface area contributed by atoms with Crippen LogP contribution in [-0.4, -0.2) is 35.7 Å². The number of halogens is 1. The van der Waals surface area contributed by atoms with Gasteiger partial charge in [-0.3, -0.25) is 9.59 Å². The fourth-order valence-electron chi connectivity index (χ4n) is 3.01. The number of hydrogen-bond acceptors (Lipinski definition) is 3. The molecule has 1 amide bonds. The third kappa shape index (κ3) is 2.87. The molecule has 2 aliphatic rings. The number of ether oxygens (including phenoxy) is 1. The molecule has 1 aromatic carbocycles. The predicted molar refractivity (Wildman–Crippen MR) is 80.6 cm³/mol. The summed E-state index contributed by atoms with van der Waals surface area (Å²) in [6.45, 7) is 0.449. The summed E-state index contributed by atoms with van der Waals surface area (Å²) in [6, 6.07) is 7.40. The Hall–Kier alpha value is -1.85. The number of benzene rings is 1. The third-order valence-electron chi connectivity index (χ3n) is 4.11. The molecule has 6 heteroatoms. The molecule has 1 fully saturated rings. The quantitative estimate of drug-likeness (QED) is 0.809. The van der Waals surface area contributed by atoms with E-state index in [2.05, 4.69) is 5.32 Å². The van der Waals surface area contributed by atoms with Crippen molar-refractivity contribution in [1.29, 1.82) is 0 Å². The number of rotatable bonds is 5. The van der Waals surface area contributed by atoms with E-state index in [0.29, 0.717) is 18.0 Å². The van der Waals surface area contributed by atoms with E-state index in [1.807, 2.05) is 12.1 Å². The van der Waals surface area contributed by atoms with Crippen LogP contribution in [0.2, 0.25) is 5.02 Å². The molecule has 5 nitrogen and oxygen atoms in total. The number of nitrogens with one attached hydrogen (secondary N) is 1. The fourth-order valence-corrected chi connectivity index (χ4v) is 3.14. The summed E-state index contributed by atoms with van der Waals surface area (Å²) < 4.78 is 5.49. The van der Waals surface area contributed by atoms with Gasteiger partial charge in [0.1, 0.15) is 5.92 Å². The van der Waals surface area contributed by atoms with Crippen molar-refractivity contribution in [2.24, 2.45) is 11.8 Å². The summed E-state index contributed by atoms with van der Waals surface area (Å²) in [7, 11) is 0. The first-order valence-electron chi connectivity index (χ1n) is 7.15. The molecular weight excluding hydrogens is 306 g/mol. The van der Waals surface area contributed by atoms with Gasteiger partial charge in [-0.2, -0.15) is 0 Å². The highest BCUT2D eigenvalue weighted by Gasteiger charge is 2.53. The van der Waals surface area contributed by atoms with Crippen LogP contribution in [0, 0.1) is 11.8 Å². The van der Waals surface area contributed by atoms with Crippen LogP contribution in [-0.2, 0) is 20.7 Å². The van der Waals surface area contributed by atoms with Crippen molar-refractivity contribution >= 4 is 23.5 Å². The first-order valence-corrected chi connectivity index (χ1v) is 7.53. The van der Waals surface area contributed by atoms with E-state index in [1.54, 1.807) is 24.3 Å². The number of fused-ring (bicyclic) bond motifs is 2. The second-order valence-electron chi connectivity index (χ2n) is 5.51. The summed E-state index contributed by atoms with van der Waals surface area (Å²) in [5, 5.41) is 12.8. The Morgan fingerprint density at radius 1 is 1.14 bits per heavy atom. The van der Waals surface area contributed by atoms with E-state index in [9.17, 15) is 14.7 Å². The molecule has 1 saturated heterocycles. The summed E-state index contributed by atoms with van der Waals surface area (Å²) in [6.07, 6.45) is 3.24. The van der Waals surface area contributed by atoms with E-state index in [4.69, 9.17) is 16.3 Å². The minimum atomic E-state index is -0.991. The Morgan fingerprint density at radius 3 is 2.41 bits per heavy atom. The van der Waals surface area contributed by atoms with Crippen molar-refractivity contribution in [2.45, 2.75) is 18.6 Å². The molecule has 0 radical (unpaired) electrons. The summed E-state index contributed by atoms with van der Waals surface area (Å²) in [4.78, 5) is 23.6. The van der Waals surface area contributed by atoms with Crippen molar-refractivity contribution in [3.05, 3.63) is 47.0 Å². The Balaban J connectivity index is 1.56. The van der Waals surface area contributed by atoms with Gasteiger partial charge >= 0.3 is 5.97 Å². The van der Waals surface area contributed by atoms with Crippen LogP contribution in [0.1, 0.15) is 5.56 Å². The lowest BCUT2D eigenvalue weighted by atomic mass is 9.82. The van der Waals surface area contributed by atoms with Gasteiger partial charge in [0.15, 0.2) is 0 Å². The highest BCUT2D eigenvalue weighted by Crippen LogP contribution is 2.39. The van der Waals surface area contributed by atoms with Crippen LogP contribution in [0.4, 0.5) is 0 Å². The van der Waals surface area contributed by atoms with E-state index < -0.39 is 30.0 Å². The fraction of sp³-hybridized carbons (Fsp3) is 0.375. The van der Waals surface area contributed by atoms with E-state index >= 15 is 0 Å². The van der Waals surface area contributed by atoms with Gasteiger partial charge in [-0.25, -0.2) is 0 Å². The molecule has 0 unspecified atom stereocenters. The van der Waals surface area contributed by atoms with Gasteiger partial charge in [0.05, 0.1) is 18.1 Å². The lowest BCUT2D eigenvalue weighted by Crippen LogP contribution is -2.43. The van der Waals surface area contributed by atoms with Crippen molar-refractivity contribution in [3.8, 4) is 0 Å². The molecule has 22 heavy (non-hydrogen) atoms. The van der Waals surface area contributed by atoms with Gasteiger partial charge in [0.2, 0.25) is 5.91 Å². The first kappa shape index (κ1) is 15.1. The molecule has 1 aromatic rings. The molecule has 0 aromatic heterocycles. The zero-order chi connectivity index (χ0) is 15.7. The smallest absolute Gasteiger partial charge is 0.310 e. The highest BCUT2D eigenvalue weighted by molar-refractivity contribution is 6.30. The molecule has 2 aliphatic heterocycles. The van der Waals surface area contributed by atoms with E-state index in [-0.39, 0.29) is 5.91 Å². The van der Waals surface area contributed by atoms with Gasteiger partial charge in [-0.1, -0.05) is 35.9 Å². The van der Waals surface area contributed by atoms with Gasteiger partial charge < -0.3 is 15.2 Å². The number of aliphatic carboxylic acids is 1. The molecule has 0 aliphatic carbocycles. The van der Waals surface area contributed by atoms with Crippen molar-refractivity contribution in [1.82, 2.24) is 5.32 Å². The third-order valence-corrected chi connectivity index (χ3v) is 4.37. The molecule has 4 atom stereocenters. The largest absolute Gasteiger partial charge is 0.481 e. The maximum atomic E-state index is 12.3. The van der Waals surface area contributed by atoms with Crippen LogP contribution in [0.15, 0.2) is 36.4 Å². The number of amides is 1. The van der Waals surface area contributed by atoms with Crippen molar-refractivity contribution < 1.29 is 19.4 Å². The van der Waals surface area contributed by atoms with Crippen molar-refractivity contribution in [3.63, 3.8) is 0 Å². The molecule has 0 spiro atoms. The summed E-state index contributed by atoms with van der Waals surface area (Å²) in [5.41, 5.74) is 1.06. The average Bonchev–Trinajstić information content (AvgIpc) is 3.09. The van der Waals surface area contributed by atoms with Crippen molar-refractivity contribution in [2.75, 3.05) is 6.54 Å². The van der Waals surface area contributed by atoms with Crippen LogP contribution in [0.25, 0.3) is 0 Å². The number of carboxylic acids is 1. The summed E-state index contributed by atoms with van der Waals surface area (Å²) >= 11 is 5.82. The molecular formula is C16H16ClNO4. The standard InChI is InChI=1S/C16H16ClNO4/c17-10-3-1-9(2-4-10)7-8-18-15(19)13-11-5-6-12(22-11)14(13)16(20)21/h1-6,11-14H,7-8H2,(H,18,19)(H,20,21)/t11-,12+,13+,14+/m1/s1. The molecule has 116 valence electrons. The second-order valence-corrected chi connectivity index (χ2v) is 5.94. The SMILES string of the molecule is O=C(O)[C@@H]1[C@@H](C(=O)NCCc2ccc(Cl)cc2)[C@H]2C=C[C@@H]1O2. The summed E-state index contributed by atoms with van der Waals surface area (Å²) in [5.74, 6) is -2.71. The van der Waals surface area contributed by atoms with E-state index in [0.717, 1.165) is 5.56 Å². The maximum Gasteiger partial charge on any atom is 0.310 e. The van der Waals surface area contributed by atoms with Gasteiger partial charge in [0, 0.05) is 11.6 Å². The molecule has 3 rings (SSSR count). The Morgan fingerprint density at radius 2 is 1.77 bits per heavy atom. The predicted octanol–water partition coefficient (Wildman–Crippen LogP) is 1.65. The van der Waals surface area contributed by atoms with Crippen LogP contribution in [0.3, 0.4) is 0 Å². The van der Waals surface area contributed by atoms with Gasteiger partial charge in [-0.15, -0.1) is 0 Å². The average molecular weight is 322 g/mol. The van der Waals surface area contributed by atoms with Gasteiger partial charge in [0.25, 0.3) is 0 Å². The number of carboxylic acid groups (broad SMARTS) is 1. The Labute approximate surface area is 132 Å². The minimum absolute atomic E-state index is 0.266. The number of hydrogen-bond donors (Lipinski definition) is 2. The van der Waals surface area contributed by atoms with E-state index in [1.165, 1.54) is 0 Å². The molecule has 2 N–H and O–H groups in total. The monoisotopic (exact) mass is 321 g/mol. The lowest BCUT2D eigenvalue weighted by Gasteiger charge is -2.20. The molecule has 2 heterocycles. The first-order chi connectivity index (χ1) is 10.6. The lowest BCUT2D eigenvalue weighted by molar-refractivity contribution is -0.146. The molecule has 0 saturated carbocycles. The second kappa shape index (κ2) is 6.10. The zero-order valence-corrected chi connectivity index (χ0v) is 12.5. The van der Waals surface area contributed by atoms with Gasteiger partial charge in [-0.05, 0) is 24.1 Å². The maximum absolute atomic E-state index is 12.3. The minimum Gasteiger partial charge on any atom is -0.481 e. The van der Waals surface area contributed by atoms with Crippen LogP contribution in [0.5, 0.6) is 0 Å². The Bertz CT molecular complexity index is 613. The normalized spacial score (nSPS) is 28.8. The number of carbonyl (C=O) groups is 2. The molecule has 2 bridgehead atoms. The highest BCUT2D eigenvalue weighted by atomic mass is 35.5. The Kier molecular flexibility index (Phi) is 4.18. The topological polar surface area (TPSA) is 75.6 Å². The van der Waals surface area contributed by atoms with Crippen LogP contribution < -0.4 is 5.32 Å². The van der Waals surface area contributed by atoms with Crippen LogP contribution >= 0.6 is 11.6 Å². The zero-order valence-electron chi connectivity index (χ0n) is 11.7.